The maximum absolute atomic E-state index is 11.3. The highest BCUT2D eigenvalue weighted by Crippen LogP contribution is 2.36. The second-order valence-corrected chi connectivity index (χ2v) is 15.2. The molecule has 2 heterocycles. The molecule has 2 saturated carbocycles. The first kappa shape index (κ1) is 36.7. The molecule has 0 radical (unpaired) electrons. The minimum absolute atomic E-state index is 0.372. The molecule has 0 saturated heterocycles. The number of oxazole rings is 2. The highest BCUT2D eigenvalue weighted by Gasteiger charge is 2.25. The summed E-state index contributed by atoms with van der Waals surface area (Å²) < 4.78 is 10.4. The minimum atomic E-state index is -0.374. The van der Waals surface area contributed by atoms with E-state index in [1.165, 1.54) is 86.5 Å². The van der Waals surface area contributed by atoms with Gasteiger partial charge in [0, 0.05) is 12.1 Å². The zero-order valence-electron chi connectivity index (χ0n) is 31.0. The summed E-state index contributed by atoms with van der Waals surface area (Å²) in [5, 5.41) is 3.73. The van der Waals surface area contributed by atoms with Gasteiger partial charge in [0.1, 0.15) is 0 Å². The molecule has 3 N–H and O–H groups in total. The van der Waals surface area contributed by atoms with Crippen LogP contribution in [0, 0.1) is 0 Å². The fourth-order valence-corrected chi connectivity index (χ4v) is 8.52. The molecule has 0 atom stereocenters. The molecule has 0 bridgehead atoms. The number of aryl methyl sites for hydroxylation is 2. The van der Waals surface area contributed by atoms with Crippen LogP contribution in [0.3, 0.4) is 0 Å². The summed E-state index contributed by atoms with van der Waals surface area (Å²) in [5.41, 5.74) is 8.37. The Morgan fingerprint density at radius 2 is 1.11 bits per heavy atom. The number of hydrogen-bond donors (Lipinski definition) is 3. The van der Waals surface area contributed by atoms with E-state index in [2.05, 4.69) is 100 Å². The zero-order valence-corrected chi connectivity index (χ0v) is 31.0. The number of H-pyrrole nitrogens is 2. The zero-order chi connectivity index (χ0) is 36.4. The molecule has 2 aliphatic carbocycles. The Kier molecular flexibility index (Phi) is 12.4. The summed E-state index contributed by atoms with van der Waals surface area (Å²) in [7, 11) is 2.27. The van der Waals surface area contributed by atoms with Crippen molar-refractivity contribution in [2.24, 2.45) is 0 Å². The monoisotopic (exact) mass is 714 g/mol. The standard InChI is InChI=1S/C23H28N2O2.C22H26N2O2/c1-25(15-5-8-17-6-3-2-4-7-17)20-12-9-18(10-13-20)19-11-14-21-22(16-19)27-23(26)24-21;25-22-24-20-13-10-18(15-21(20)26-22)17-8-11-19(12-9-17)23-14-4-7-16-5-2-1-3-6-16/h2-4,6-7,11,14,16,18,20H,5,8-10,12-13,15H2,1H3,(H,24,26);1-3,5-6,10,13,15,17,19,23H,4,7-9,11-12,14H2,(H,24,25). The highest BCUT2D eigenvalue weighted by atomic mass is 16.4. The van der Waals surface area contributed by atoms with Crippen LogP contribution in [0.4, 0.5) is 0 Å². The van der Waals surface area contributed by atoms with Crippen molar-refractivity contribution in [2.75, 3.05) is 20.1 Å². The Morgan fingerprint density at radius 3 is 1.64 bits per heavy atom. The molecule has 53 heavy (non-hydrogen) atoms. The van der Waals surface area contributed by atoms with Gasteiger partial charge in [-0.05, 0) is 156 Å². The van der Waals surface area contributed by atoms with Crippen LogP contribution in [-0.4, -0.2) is 47.1 Å². The molecule has 6 aromatic rings. The van der Waals surface area contributed by atoms with E-state index in [9.17, 15) is 9.59 Å². The van der Waals surface area contributed by atoms with Crippen molar-refractivity contribution in [3.05, 3.63) is 140 Å². The molecule has 278 valence electrons. The summed E-state index contributed by atoms with van der Waals surface area (Å²) in [6.07, 6.45) is 14.4. The molecule has 2 aromatic heterocycles. The predicted molar refractivity (Wildman–Crippen MR) is 214 cm³/mol. The maximum Gasteiger partial charge on any atom is 0.417 e. The minimum Gasteiger partial charge on any atom is -0.408 e. The van der Waals surface area contributed by atoms with Gasteiger partial charge in [-0.2, -0.15) is 0 Å². The second-order valence-electron chi connectivity index (χ2n) is 15.2. The Balaban J connectivity index is 0.000000164. The Labute approximate surface area is 312 Å². The third-order valence-corrected chi connectivity index (χ3v) is 11.6. The SMILES string of the molecule is CN(CCCc1ccccc1)C1CCC(c2ccc3[nH]c(=O)oc3c2)CC1.O=c1[nH]c2ccc(C3CCC(NCCCc4ccccc4)CC3)cc2o1. The topological polar surface area (TPSA) is 107 Å². The van der Waals surface area contributed by atoms with Gasteiger partial charge in [0.25, 0.3) is 0 Å². The largest absolute Gasteiger partial charge is 0.417 e. The Hall–Kier alpha value is -4.66. The van der Waals surface area contributed by atoms with Gasteiger partial charge in [0.05, 0.1) is 11.0 Å². The van der Waals surface area contributed by atoms with Crippen molar-refractivity contribution >= 4 is 22.2 Å². The average molecular weight is 715 g/mol. The molecule has 2 aliphatic rings. The van der Waals surface area contributed by atoms with Crippen LogP contribution in [0.25, 0.3) is 22.2 Å². The molecule has 8 heteroatoms. The molecule has 4 aromatic carbocycles. The second kappa shape index (κ2) is 17.9. The molecule has 0 aliphatic heterocycles. The van der Waals surface area contributed by atoms with Gasteiger partial charge in [0.2, 0.25) is 0 Å². The van der Waals surface area contributed by atoms with E-state index in [0.29, 0.717) is 35.1 Å². The Morgan fingerprint density at radius 1 is 0.623 bits per heavy atom. The molecule has 0 amide bonds. The molecule has 0 spiro atoms. The van der Waals surface area contributed by atoms with Gasteiger partial charge < -0.3 is 19.1 Å². The van der Waals surface area contributed by atoms with E-state index < -0.39 is 0 Å². The van der Waals surface area contributed by atoms with E-state index in [4.69, 9.17) is 8.83 Å². The summed E-state index contributed by atoms with van der Waals surface area (Å²) in [4.78, 5) is 30.6. The fraction of sp³-hybridized carbons (Fsp3) is 0.422. The first-order chi connectivity index (χ1) is 26.0. The number of fused-ring (bicyclic) bond motifs is 2. The Bertz CT molecular complexity index is 2120. The van der Waals surface area contributed by atoms with E-state index in [0.717, 1.165) is 37.0 Å². The van der Waals surface area contributed by atoms with Gasteiger partial charge in [-0.25, -0.2) is 9.59 Å². The van der Waals surface area contributed by atoms with Crippen LogP contribution in [0.5, 0.6) is 0 Å². The molecule has 8 rings (SSSR count). The summed E-state index contributed by atoms with van der Waals surface area (Å²) in [5.74, 6) is 0.397. The van der Waals surface area contributed by atoms with Crippen LogP contribution >= 0.6 is 0 Å². The van der Waals surface area contributed by atoms with Gasteiger partial charge in [-0.1, -0.05) is 72.8 Å². The number of rotatable bonds is 12. The predicted octanol–water partition coefficient (Wildman–Crippen LogP) is 9.08. The van der Waals surface area contributed by atoms with E-state index in [-0.39, 0.29) is 11.5 Å². The summed E-state index contributed by atoms with van der Waals surface area (Å²) in [6, 6.07) is 35.1. The van der Waals surface area contributed by atoms with E-state index in [1.807, 2.05) is 24.3 Å². The summed E-state index contributed by atoms with van der Waals surface area (Å²) >= 11 is 0. The number of benzene rings is 4. The van der Waals surface area contributed by atoms with Crippen LogP contribution < -0.4 is 16.8 Å². The quantitative estimate of drug-likeness (QED) is 0.109. The number of nitrogens with zero attached hydrogens (tertiary/aromatic N) is 1. The van der Waals surface area contributed by atoms with Gasteiger partial charge in [-0.3, -0.25) is 9.97 Å². The number of aromatic nitrogens is 2. The fourth-order valence-electron chi connectivity index (χ4n) is 8.52. The molecule has 0 unspecified atom stereocenters. The van der Waals surface area contributed by atoms with Crippen molar-refractivity contribution in [3.8, 4) is 0 Å². The van der Waals surface area contributed by atoms with Crippen LogP contribution in [0.2, 0.25) is 0 Å². The van der Waals surface area contributed by atoms with Crippen LogP contribution in [0.15, 0.2) is 115 Å². The first-order valence-electron chi connectivity index (χ1n) is 19.7. The van der Waals surface area contributed by atoms with Gasteiger partial charge >= 0.3 is 11.5 Å². The van der Waals surface area contributed by atoms with Crippen molar-refractivity contribution in [1.82, 2.24) is 20.2 Å². The lowest BCUT2D eigenvalue weighted by atomic mass is 9.81. The van der Waals surface area contributed by atoms with Gasteiger partial charge in [0.15, 0.2) is 11.2 Å². The van der Waals surface area contributed by atoms with E-state index in [1.54, 1.807) is 0 Å². The first-order valence-corrected chi connectivity index (χ1v) is 19.7. The molecule has 2 fully saturated rings. The van der Waals surface area contributed by atoms with Crippen LogP contribution in [0.1, 0.15) is 98.3 Å². The average Bonchev–Trinajstić information content (AvgIpc) is 3.77. The van der Waals surface area contributed by atoms with Crippen molar-refractivity contribution in [1.29, 1.82) is 0 Å². The van der Waals surface area contributed by atoms with Crippen molar-refractivity contribution in [3.63, 3.8) is 0 Å². The maximum atomic E-state index is 11.3. The smallest absolute Gasteiger partial charge is 0.408 e. The molecular weight excluding hydrogens is 661 g/mol. The number of hydrogen-bond acceptors (Lipinski definition) is 6. The van der Waals surface area contributed by atoms with Crippen molar-refractivity contribution in [2.45, 2.75) is 101 Å². The highest BCUT2D eigenvalue weighted by molar-refractivity contribution is 5.73. The molecule has 8 nitrogen and oxygen atoms in total. The third kappa shape index (κ3) is 10.1. The lowest BCUT2D eigenvalue weighted by molar-refractivity contribution is 0.181. The number of aromatic amines is 2. The van der Waals surface area contributed by atoms with E-state index >= 15 is 0 Å². The lowest BCUT2D eigenvalue weighted by Crippen LogP contribution is -2.35. The van der Waals surface area contributed by atoms with Crippen LogP contribution in [-0.2, 0) is 12.8 Å². The lowest BCUT2D eigenvalue weighted by Gasteiger charge is -2.35. The third-order valence-electron chi connectivity index (χ3n) is 11.6. The van der Waals surface area contributed by atoms with Gasteiger partial charge in [-0.15, -0.1) is 0 Å². The van der Waals surface area contributed by atoms with Crippen molar-refractivity contribution < 1.29 is 8.83 Å². The normalized spacial score (nSPS) is 20.4. The number of nitrogens with one attached hydrogen (secondary N) is 3. The summed E-state index contributed by atoms with van der Waals surface area (Å²) in [6.45, 7) is 2.25. The molecular formula is C45H54N4O4.